The Balaban J connectivity index is 0.000000198. The zero-order valence-corrected chi connectivity index (χ0v) is 18.5. The van der Waals surface area contributed by atoms with Gasteiger partial charge in [-0.15, -0.1) is 11.8 Å². The molecule has 2 aliphatic carbocycles. The molecule has 1 saturated carbocycles. The van der Waals surface area contributed by atoms with E-state index in [0.29, 0.717) is 25.0 Å². The van der Waals surface area contributed by atoms with Crippen LogP contribution in [0.2, 0.25) is 0 Å². The van der Waals surface area contributed by atoms with Crippen molar-refractivity contribution in [3.05, 3.63) is 12.2 Å². The van der Waals surface area contributed by atoms with Crippen molar-refractivity contribution < 1.29 is 29.7 Å². The molecule has 4 rings (SSSR count). The topological polar surface area (TPSA) is 115 Å². The van der Waals surface area contributed by atoms with Crippen LogP contribution in [-0.4, -0.2) is 68.8 Å². The van der Waals surface area contributed by atoms with E-state index in [1.165, 1.54) is 48.8 Å². The lowest BCUT2D eigenvalue weighted by atomic mass is 9.72. The van der Waals surface area contributed by atoms with Crippen molar-refractivity contribution in [3.8, 4) is 0 Å². The zero-order valence-electron chi connectivity index (χ0n) is 17.7. The number of fused-ring (bicyclic) bond motifs is 2. The van der Waals surface area contributed by atoms with E-state index in [1.54, 1.807) is 0 Å². The van der Waals surface area contributed by atoms with Crippen molar-refractivity contribution in [1.82, 2.24) is 4.90 Å². The standard InChI is InChI=1S/C11H18.C10H15NO4S.CH2O2/c1-9-6-7-10-4-2-3-5-11(10)8-9;12-4-5-16-8-7(6-13)9(14)11-3-1-2-10(8,11)15;2-1-3/h6-7,9-11H,2-5,8H2,1H3;6-8,12,15H,1-5H2;1H,(H,2,3)/t9-,10?,11?;7-,8?,10+;/m00./s1. The van der Waals surface area contributed by atoms with Crippen molar-refractivity contribution in [1.29, 1.82) is 0 Å². The minimum absolute atomic E-state index is 0.0169. The second kappa shape index (κ2) is 11.9. The molecule has 0 bridgehead atoms. The molecule has 8 heteroatoms. The zero-order chi connectivity index (χ0) is 22.1. The number of aldehydes is 1. The van der Waals surface area contributed by atoms with E-state index in [9.17, 15) is 14.7 Å². The maximum atomic E-state index is 11.9. The van der Waals surface area contributed by atoms with Crippen molar-refractivity contribution >= 4 is 30.4 Å². The van der Waals surface area contributed by atoms with Crippen LogP contribution in [0.15, 0.2) is 12.2 Å². The molecule has 7 nitrogen and oxygen atoms in total. The van der Waals surface area contributed by atoms with Crippen molar-refractivity contribution in [2.24, 2.45) is 23.7 Å². The molecule has 2 aliphatic heterocycles. The van der Waals surface area contributed by atoms with E-state index in [1.807, 2.05) is 0 Å². The molecule has 0 aromatic carbocycles. The van der Waals surface area contributed by atoms with Crippen LogP contribution in [-0.2, 0) is 14.4 Å². The molecule has 3 fully saturated rings. The van der Waals surface area contributed by atoms with Gasteiger partial charge in [0.25, 0.3) is 6.47 Å². The first-order valence-corrected chi connectivity index (χ1v) is 12.0. The van der Waals surface area contributed by atoms with E-state index >= 15 is 0 Å². The van der Waals surface area contributed by atoms with Crippen LogP contribution < -0.4 is 0 Å². The first kappa shape index (κ1) is 24.9. The summed E-state index contributed by atoms with van der Waals surface area (Å²) in [5, 5.41) is 25.7. The van der Waals surface area contributed by atoms with Gasteiger partial charge in [-0.3, -0.25) is 9.59 Å². The Bertz CT molecular complexity index is 614. The van der Waals surface area contributed by atoms with Crippen LogP contribution in [0.5, 0.6) is 0 Å². The van der Waals surface area contributed by atoms with Gasteiger partial charge in [0.2, 0.25) is 5.91 Å². The lowest BCUT2D eigenvalue weighted by Gasteiger charge is -2.34. The molecule has 2 saturated heterocycles. The lowest BCUT2D eigenvalue weighted by molar-refractivity contribution is -0.140. The second-order valence-corrected chi connectivity index (χ2v) is 9.81. The molecule has 0 aromatic heterocycles. The van der Waals surface area contributed by atoms with Crippen molar-refractivity contribution in [2.75, 3.05) is 18.9 Å². The van der Waals surface area contributed by atoms with Gasteiger partial charge in [0.15, 0.2) is 5.72 Å². The van der Waals surface area contributed by atoms with E-state index in [2.05, 4.69) is 19.1 Å². The second-order valence-electron chi connectivity index (χ2n) is 8.56. The number of carboxylic acid groups (broad SMARTS) is 1. The molecule has 2 heterocycles. The Morgan fingerprint density at radius 2 is 1.93 bits per heavy atom. The Labute approximate surface area is 182 Å². The third kappa shape index (κ3) is 5.65. The minimum Gasteiger partial charge on any atom is -0.483 e. The maximum absolute atomic E-state index is 11.9. The summed E-state index contributed by atoms with van der Waals surface area (Å²) < 4.78 is 0. The van der Waals surface area contributed by atoms with E-state index in [-0.39, 0.29) is 19.0 Å². The highest BCUT2D eigenvalue weighted by Gasteiger charge is 2.59. The number of carbonyl (C=O) groups excluding carboxylic acids is 2. The van der Waals surface area contributed by atoms with Gasteiger partial charge in [-0.1, -0.05) is 31.9 Å². The highest BCUT2D eigenvalue weighted by molar-refractivity contribution is 8.00. The van der Waals surface area contributed by atoms with Gasteiger partial charge >= 0.3 is 0 Å². The van der Waals surface area contributed by atoms with Gasteiger partial charge in [-0.05, 0) is 49.9 Å². The number of rotatable bonds is 4. The predicted octanol–water partition coefficient (Wildman–Crippen LogP) is 2.31. The average Bonchev–Trinajstić information content (AvgIpc) is 3.21. The van der Waals surface area contributed by atoms with Gasteiger partial charge in [0.05, 0.1) is 11.9 Å². The molecule has 0 radical (unpaired) electrons. The number of aliphatic hydroxyl groups is 2. The van der Waals surface area contributed by atoms with Crippen LogP contribution >= 0.6 is 11.8 Å². The first-order valence-electron chi connectivity index (χ1n) is 10.9. The van der Waals surface area contributed by atoms with Gasteiger partial charge in [0.1, 0.15) is 12.2 Å². The third-order valence-corrected chi connectivity index (χ3v) is 8.04. The smallest absolute Gasteiger partial charge is 0.290 e. The van der Waals surface area contributed by atoms with Crippen LogP contribution in [0.1, 0.15) is 51.9 Å². The van der Waals surface area contributed by atoms with Crippen LogP contribution in [0, 0.1) is 23.7 Å². The van der Waals surface area contributed by atoms with Gasteiger partial charge in [-0.2, -0.15) is 0 Å². The molecular weight excluding hydrogens is 406 g/mol. The number of amides is 1. The quantitative estimate of drug-likeness (QED) is 0.348. The summed E-state index contributed by atoms with van der Waals surface area (Å²) in [6, 6.07) is 0. The van der Waals surface area contributed by atoms with Crippen molar-refractivity contribution in [2.45, 2.75) is 62.8 Å². The SMILES string of the molecule is C[C@H]1C=CC2CCCCC2C1.O=CO.O=C[C@@H]1C(=O)N2CCC[C@@]2(O)C1SCCO. The van der Waals surface area contributed by atoms with E-state index < -0.39 is 16.9 Å². The lowest BCUT2D eigenvalue weighted by Crippen LogP contribution is -2.45. The number of carbonyl (C=O) groups is 3. The molecule has 30 heavy (non-hydrogen) atoms. The number of hydrogen-bond donors (Lipinski definition) is 3. The van der Waals surface area contributed by atoms with Crippen LogP contribution in [0.4, 0.5) is 0 Å². The summed E-state index contributed by atoms with van der Waals surface area (Å²) in [6.45, 7) is 2.61. The molecule has 0 aromatic rings. The Morgan fingerprint density at radius 1 is 1.23 bits per heavy atom. The molecule has 1 amide bonds. The van der Waals surface area contributed by atoms with Crippen molar-refractivity contribution in [3.63, 3.8) is 0 Å². The van der Waals surface area contributed by atoms with E-state index in [4.69, 9.17) is 15.0 Å². The van der Waals surface area contributed by atoms with Gasteiger partial charge in [0, 0.05) is 12.3 Å². The number of aliphatic hydroxyl groups excluding tert-OH is 1. The van der Waals surface area contributed by atoms with Crippen LogP contribution in [0.3, 0.4) is 0 Å². The predicted molar refractivity (Wildman–Crippen MR) is 116 cm³/mol. The highest BCUT2D eigenvalue weighted by atomic mass is 32.2. The van der Waals surface area contributed by atoms with Gasteiger partial charge < -0.3 is 25.0 Å². The Hall–Kier alpha value is -1.38. The fourth-order valence-electron chi connectivity index (χ4n) is 5.24. The fraction of sp³-hybridized carbons (Fsp3) is 0.773. The Kier molecular flexibility index (Phi) is 9.84. The average molecular weight is 442 g/mol. The molecule has 3 unspecified atom stereocenters. The molecule has 3 N–H and O–H groups in total. The normalized spacial score (nSPS) is 36.6. The monoisotopic (exact) mass is 441 g/mol. The summed E-state index contributed by atoms with van der Waals surface area (Å²) in [5.74, 6) is 2.25. The molecular formula is C22H35NO6S. The summed E-state index contributed by atoms with van der Waals surface area (Å²) >= 11 is 1.30. The molecule has 170 valence electrons. The molecule has 4 aliphatic rings. The third-order valence-electron chi connectivity index (χ3n) is 6.59. The fourth-order valence-corrected chi connectivity index (χ4v) is 6.50. The molecule has 0 spiro atoms. The summed E-state index contributed by atoms with van der Waals surface area (Å²) in [5.41, 5.74) is -1.18. The maximum Gasteiger partial charge on any atom is 0.290 e. The number of hydrogen-bond acceptors (Lipinski definition) is 6. The summed E-state index contributed by atoms with van der Waals surface area (Å²) in [4.78, 5) is 32.6. The minimum atomic E-state index is -1.18. The largest absolute Gasteiger partial charge is 0.483 e. The number of thioether (sulfide) groups is 1. The summed E-state index contributed by atoms with van der Waals surface area (Å²) in [6.07, 6.45) is 14.2. The number of nitrogens with zero attached hydrogens (tertiary/aromatic N) is 1. The Morgan fingerprint density at radius 3 is 2.60 bits per heavy atom. The highest BCUT2D eigenvalue weighted by Crippen LogP contribution is 2.45. The molecule has 6 atom stereocenters. The van der Waals surface area contributed by atoms with E-state index in [0.717, 1.165) is 24.2 Å². The van der Waals surface area contributed by atoms with Gasteiger partial charge in [-0.25, -0.2) is 0 Å². The number of allylic oxidation sites excluding steroid dienone is 2. The van der Waals surface area contributed by atoms with Crippen LogP contribution in [0.25, 0.3) is 0 Å². The first-order chi connectivity index (χ1) is 14.4. The summed E-state index contributed by atoms with van der Waals surface area (Å²) in [7, 11) is 0.